The number of phenols is 1. The predicted molar refractivity (Wildman–Crippen MR) is 110 cm³/mol. The fraction of sp³-hybridized carbons (Fsp3) is 0.158. The second-order valence-electron chi connectivity index (χ2n) is 5.70. The van der Waals surface area contributed by atoms with Crippen molar-refractivity contribution >= 4 is 29.7 Å². The lowest BCUT2D eigenvalue weighted by molar-refractivity contribution is 0.102. The Labute approximate surface area is 171 Å². The number of Topliss-reactive ketones (excluding diaryl/α,β-unsaturated/α-hetero) is 1. The number of ketones is 1. The number of aromatic amines is 1. The van der Waals surface area contributed by atoms with Crippen LogP contribution in [0.2, 0.25) is 0 Å². The van der Waals surface area contributed by atoms with Crippen molar-refractivity contribution in [3.05, 3.63) is 53.6 Å². The van der Waals surface area contributed by atoms with Crippen LogP contribution in [0.1, 0.15) is 15.9 Å². The fourth-order valence-electron chi connectivity index (χ4n) is 2.28. The van der Waals surface area contributed by atoms with Gasteiger partial charge in [0.1, 0.15) is 17.2 Å². The van der Waals surface area contributed by atoms with E-state index in [0.717, 1.165) is 0 Å². The molecule has 0 unspecified atom stereocenters. The summed E-state index contributed by atoms with van der Waals surface area (Å²) in [6, 6.07) is 11.7. The number of aromatic nitrogens is 3. The van der Waals surface area contributed by atoms with Crippen molar-refractivity contribution in [1.29, 1.82) is 0 Å². The molecule has 0 radical (unpaired) electrons. The van der Waals surface area contributed by atoms with Gasteiger partial charge in [-0.2, -0.15) is 10.1 Å². The van der Waals surface area contributed by atoms with E-state index >= 15 is 0 Å². The molecule has 1 heterocycles. The van der Waals surface area contributed by atoms with Crippen LogP contribution < -0.4 is 14.9 Å². The highest BCUT2D eigenvalue weighted by Gasteiger charge is 2.10. The summed E-state index contributed by atoms with van der Waals surface area (Å²) in [6.45, 7) is 0. The van der Waals surface area contributed by atoms with Crippen molar-refractivity contribution in [2.24, 2.45) is 5.10 Å². The average molecular weight is 413 g/mol. The third kappa shape index (κ3) is 5.48. The van der Waals surface area contributed by atoms with E-state index in [1.165, 1.54) is 24.0 Å². The summed E-state index contributed by atoms with van der Waals surface area (Å²) in [5.41, 5.74) is 3.76. The molecular weight excluding hydrogens is 394 g/mol. The predicted octanol–water partition coefficient (Wildman–Crippen LogP) is 2.95. The molecule has 0 spiro atoms. The number of nitrogens with one attached hydrogen (secondary N) is 2. The Balaban J connectivity index is 1.53. The molecule has 0 amide bonds. The summed E-state index contributed by atoms with van der Waals surface area (Å²) in [7, 11) is 3.11. The van der Waals surface area contributed by atoms with Gasteiger partial charge in [-0.05, 0) is 42.5 Å². The molecule has 0 fully saturated rings. The summed E-state index contributed by atoms with van der Waals surface area (Å²) in [5.74, 6) is 1.84. The third-order valence-corrected chi connectivity index (χ3v) is 4.67. The van der Waals surface area contributed by atoms with Gasteiger partial charge in [0.15, 0.2) is 5.78 Å². The number of H-pyrrole nitrogens is 1. The Morgan fingerprint density at radius 2 is 1.93 bits per heavy atom. The molecule has 0 atom stereocenters. The van der Waals surface area contributed by atoms with Crippen LogP contribution in [0.3, 0.4) is 0 Å². The van der Waals surface area contributed by atoms with Gasteiger partial charge in [0.05, 0.1) is 26.2 Å². The van der Waals surface area contributed by atoms with E-state index in [9.17, 15) is 9.90 Å². The standard InChI is InChI=1S/C19H19N5O4S/c1-27-14-5-3-12(4-6-14)17(26)11-29-19-21-18(23-24-19)22-20-10-13-9-15(28-2)7-8-16(13)25/h3-10,25H,11H2,1-2H3,(H2,21,22,23,24)/b20-10+. The molecule has 0 aliphatic heterocycles. The van der Waals surface area contributed by atoms with E-state index in [4.69, 9.17) is 9.47 Å². The van der Waals surface area contributed by atoms with Crippen LogP contribution in [0.5, 0.6) is 17.2 Å². The van der Waals surface area contributed by atoms with Gasteiger partial charge in [0, 0.05) is 11.1 Å². The molecular formula is C19H19N5O4S. The first kappa shape index (κ1) is 20.2. The van der Waals surface area contributed by atoms with Crippen molar-refractivity contribution < 1.29 is 19.4 Å². The highest BCUT2D eigenvalue weighted by atomic mass is 32.2. The Kier molecular flexibility index (Phi) is 6.69. The maximum Gasteiger partial charge on any atom is 0.240 e. The molecule has 0 bridgehead atoms. The summed E-state index contributed by atoms with van der Waals surface area (Å²) < 4.78 is 10.2. The number of aromatic hydroxyl groups is 1. The lowest BCUT2D eigenvalue weighted by Gasteiger charge is -2.02. The highest BCUT2D eigenvalue weighted by molar-refractivity contribution is 7.99. The van der Waals surface area contributed by atoms with Crippen molar-refractivity contribution in [2.45, 2.75) is 5.16 Å². The number of hydrazone groups is 1. The van der Waals surface area contributed by atoms with Crippen LogP contribution in [0.4, 0.5) is 5.95 Å². The fourth-order valence-corrected chi connectivity index (χ4v) is 2.97. The zero-order chi connectivity index (χ0) is 20.6. The number of nitrogens with zero attached hydrogens (tertiary/aromatic N) is 3. The van der Waals surface area contributed by atoms with E-state index in [-0.39, 0.29) is 17.3 Å². The number of benzene rings is 2. The van der Waals surface area contributed by atoms with Crippen molar-refractivity contribution in [3.8, 4) is 17.2 Å². The quantitative estimate of drug-likeness (QED) is 0.212. The molecule has 3 N–H and O–H groups in total. The minimum Gasteiger partial charge on any atom is -0.507 e. The van der Waals surface area contributed by atoms with Crippen molar-refractivity contribution in [1.82, 2.24) is 15.2 Å². The lowest BCUT2D eigenvalue weighted by atomic mass is 10.1. The highest BCUT2D eigenvalue weighted by Crippen LogP contribution is 2.21. The van der Waals surface area contributed by atoms with E-state index in [0.29, 0.717) is 33.7 Å². The number of carbonyl (C=O) groups is 1. The van der Waals surface area contributed by atoms with Gasteiger partial charge in [-0.3, -0.25) is 4.79 Å². The van der Waals surface area contributed by atoms with Crippen LogP contribution in [0.15, 0.2) is 52.7 Å². The van der Waals surface area contributed by atoms with Crippen LogP contribution in [0, 0.1) is 0 Å². The largest absolute Gasteiger partial charge is 0.507 e. The molecule has 29 heavy (non-hydrogen) atoms. The summed E-state index contributed by atoms with van der Waals surface area (Å²) in [6.07, 6.45) is 1.43. The smallest absolute Gasteiger partial charge is 0.240 e. The Bertz CT molecular complexity index is 1000. The molecule has 3 rings (SSSR count). The Morgan fingerprint density at radius 1 is 1.21 bits per heavy atom. The first-order valence-corrected chi connectivity index (χ1v) is 9.46. The minimum absolute atomic E-state index is 0.0384. The monoisotopic (exact) mass is 413 g/mol. The van der Waals surface area contributed by atoms with E-state index in [1.54, 1.807) is 50.6 Å². The summed E-state index contributed by atoms with van der Waals surface area (Å²) >= 11 is 1.21. The molecule has 3 aromatic rings. The van der Waals surface area contributed by atoms with Gasteiger partial charge in [-0.1, -0.05) is 11.8 Å². The number of phenolic OH excluding ortho intramolecular Hbond substituents is 1. The van der Waals surface area contributed by atoms with Crippen molar-refractivity contribution in [3.63, 3.8) is 0 Å². The first-order valence-electron chi connectivity index (χ1n) is 8.47. The van der Waals surface area contributed by atoms with Crippen molar-refractivity contribution in [2.75, 3.05) is 25.4 Å². The van der Waals surface area contributed by atoms with Gasteiger partial charge in [0.25, 0.3) is 0 Å². The van der Waals surface area contributed by atoms with E-state index in [2.05, 4.69) is 25.7 Å². The molecule has 0 saturated heterocycles. The average Bonchev–Trinajstić information content (AvgIpc) is 3.21. The van der Waals surface area contributed by atoms with Gasteiger partial charge in [-0.15, -0.1) is 5.10 Å². The Morgan fingerprint density at radius 3 is 2.66 bits per heavy atom. The second-order valence-corrected chi connectivity index (χ2v) is 6.64. The number of anilines is 1. The molecule has 0 aliphatic rings. The van der Waals surface area contributed by atoms with Gasteiger partial charge in [0.2, 0.25) is 11.1 Å². The normalized spacial score (nSPS) is 10.8. The maximum atomic E-state index is 12.2. The Hall–Kier alpha value is -3.53. The second kappa shape index (κ2) is 9.60. The molecule has 9 nitrogen and oxygen atoms in total. The molecule has 10 heteroatoms. The number of methoxy groups -OCH3 is 2. The molecule has 0 aliphatic carbocycles. The summed E-state index contributed by atoms with van der Waals surface area (Å²) in [4.78, 5) is 16.4. The van der Waals surface area contributed by atoms with Crippen LogP contribution in [-0.2, 0) is 0 Å². The maximum absolute atomic E-state index is 12.2. The molecule has 150 valence electrons. The first-order chi connectivity index (χ1) is 14.1. The number of carbonyl (C=O) groups excluding carboxylic acids is 1. The molecule has 1 aromatic heterocycles. The van der Waals surface area contributed by atoms with Crippen LogP contribution >= 0.6 is 11.8 Å². The zero-order valence-electron chi connectivity index (χ0n) is 15.7. The number of ether oxygens (including phenoxy) is 2. The number of thioether (sulfide) groups is 1. The number of rotatable bonds is 9. The number of hydrogen-bond acceptors (Lipinski definition) is 9. The van der Waals surface area contributed by atoms with Crippen LogP contribution in [-0.4, -0.2) is 52.3 Å². The SMILES string of the molecule is COc1ccc(C(=O)CSc2n[nH]c(N/N=C/c3cc(OC)ccc3O)n2)cc1. The lowest BCUT2D eigenvalue weighted by Crippen LogP contribution is -2.02. The molecule has 0 saturated carbocycles. The van der Waals surface area contributed by atoms with Gasteiger partial charge in [-0.25, -0.2) is 10.5 Å². The van der Waals surface area contributed by atoms with E-state index in [1.807, 2.05) is 0 Å². The minimum atomic E-state index is -0.0384. The van der Waals surface area contributed by atoms with Gasteiger partial charge < -0.3 is 14.6 Å². The topological polar surface area (TPSA) is 122 Å². The zero-order valence-corrected chi connectivity index (χ0v) is 16.6. The number of hydrogen-bond donors (Lipinski definition) is 3. The van der Waals surface area contributed by atoms with E-state index < -0.39 is 0 Å². The summed E-state index contributed by atoms with van der Waals surface area (Å²) in [5, 5.41) is 21.0. The van der Waals surface area contributed by atoms with Gasteiger partial charge >= 0.3 is 0 Å². The van der Waals surface area contributed by atoms with Crippen LogP contribution in [0.25, 0.3) is 0 Å². The third-order valence-electron chi connectivity index (χ3n) is 3.82. The molecule has 2 aromatic carbocycles.